The predicted molar refractivity (Wildman–Crippen MR) is 64.0 cm³/mol. The van der Waals surface area contributed by atoms with Gasteiger partial charge in [-0.15, -0.1) is 0 Å². The highest BCUT2D eigenvalue weighted by atomic mass is 15.0. The number of hydrogen-bond donors (Lipinski definition) is 1. The van der Waals surface area contributed by atoms with Gasteiger partial charge in [0, 0.05) is 12.7 Å². The maximum Gasteiger partial charge on any atom is 0.125 e. The molecule has 0 unspecified atom stereocenters. The fourth-order valence-electron chi connectivity index (χ4n) is 2.06. The third-order valence-electron chi connectivity index (χ3n) is 3.27. The van der Waals surface area contributed by atoms with E-state index in [0.717, 1.165) is 12.4 Å². The molecule has 16 heavy (non-hydrogen) atoms. The Balaban J connectivity index is 1.88. The van der Waals surface area contributed by atoms with Crippen LogP contribution < -0.4 is 5.32 Å². The molecule has 0 spiro atoms. The minimum absolute atomic E-state index is 0.532. The molecule has 1 aromatic heterocycles. The largest absolute Gasteiger partial charge is 0.370 e. The second-order valence-electron chi connectivity index (χ2n) is 4.65. The molecule has 1 aliphatic carbocycles. The molecule has 1 fully saturated rings. The van der Waals surface area contributed by atoms with Gasteiger partial charge < -0.3 is 5.32 Å². The fourth-order valence-corrected chi connectivity index (χ4v) is 2.06. The number of nitriles is 1. The smallest absolute Gasteiger partial charge is 0.125 e. The van der Waals surface area contributed by atoms with Crippen molar-refractivity contribution in [1.82, 2.24) is 4.98 Å². The van der Waals surface area contributed by atoms with E-state index < -0.39 is 0 Å². The van der Waals surface area contributed by atoms with E-state index in [9.17, 15) is 0 Å². The SMILES string of the molecule is CCCC1(CNc2ccc(C#N)cn2)CC1. The van der Waals surface area contributed by atoms with Crippen LogP contribution in [0.15, 0.2) is 18.3 Å². The molecule has 0 saturated heterocycles. The van der Waals surface area contributed by atoms with Crippen LogP contribution in [0, 0.1) is 16.7 Å². The number of anilines is 1. The summed E-state index contributed by atoms with van der Waals surface area (Å²) >= 11 is 0. The van der Waals surface area contributed by atoms with Crippen LogP contribution >= 0.6 is 0 Å². The third kappa shape index (κ3) is 2.52. The van der Waals surface area contributed by atoms with Gasteiger partial charge in [-0.1, -0.05) is 13.3 Å². The molecule has 0 aromatic carbocycles. The van der Waals surface area contributed by atoms with Crippen LogP contribution in [0.4, 0.5) is 5.82 Å². The average Bonchev–Trinajstić information content (AvgIpc) is 3.08. The quantitative estimate of drug-likeness (QED) is 0.821. The van der Waals surface area contributed by atoms with Crippen LogP contribution in [-0.4, -0.2) is 11.5 Å². The van der Waals surface area contributed by atoms with Gasteiger partial charge in [0.2, 0.25) is 0 Å². The number of nitrogens with one attached hydrogen (secondary N) is 1. The number of aromatic nitrogens is 1. The topological polar surface area (TPSA) is 48.7 Å². The average molecular weight is 215 g/mol. The van der Waals surface area contributed by atoms with Crippen molar-refractivity contribution in [2.75, 3.05) is 11.9 Å². The summed E-state index contributed by atoms with van der Waals surface area (Å²) < 4.78 is 0. The molecule has 1 aromatic rings. The molecule has 84 valence electrons. The number of pyridine rings is 1. The van der Waals surface area contributed by atoms with Gasteiger partial charge in [-0.2, -0.15) is 5.26 Å². The van der Waals surface area contributed by atoms with Crippen LogP contribution in [-0.2, 0) is 0 Å². The van der Waals surface area contributed by atoms with E-state index in [0.29, 0.717) is 11.0 Å². The van der Waals surface area contributed by atoms with Crippen molar-refractivity contribution in [1.29, 1.82) is 5.26 Å². The summed E-state index contributed by atoms with van der Waals surface area (Å²) in [6.45, 7) is 3.25. The van der Waals surface area contributed by atoms with Crippen LogP contribution in [0.1, 0.15) is 38.2 Å². The highest BCUT2D eigenvalue weighted by molar-refractivity contribution is 5.39. The molecule has 0 atom stereocenters. The lowest BCUT2D eigenvalue weighted by molar-refractivity contribution is 0.485. The Labute approximate surface area is 96.5 Å². The molecule has 1 aliphatic rings. The van der Waals surface area contributed by atoms with E-state index in [2.05, 4.69) is 23.3 Å². The zero-order valence-electron chi connectivity index (χ0n) is 9.66. The predicted octanol–water partition coefficient (Wildman–Crippen LogP) is 2.95. The second kappa shape index (κ2) is 4.52. The van der Waals surface area contributed by atoms with Crippen molar-refractivity contribution in [3.63, 3.8) is 0 Å². The summed E-state index contributed by atoms with van der Waals surface area (Å²) in [4.78, 5) is 4.21. The zero-order chi connectivity index (χ0) is 11.4. The zero-order valence-corrected chi connectivity index (χ0v) is 9.66. The molecular formula is C13H17N3. The molecule has 0 radical (unpaired) electrons. The Morgan fingerprint density at radius 2 is 2.31 bits per heavy atom. The van der Waals surface area contributed by atoms with Gasteiger partial charge in [-0.05, 0) is 36.8 Å². The van der Waals surface area contributed by atoms with E-state index >= 15 is 0 Å². The lowest BCUT2D eigenvalue weighted by Crippen LogP contribution is -2.15. The maximum atomic E-state index is 8.66. The van der Waals surface area contributed by atoms with Crippen LogP contribution in [0.2, 0.25) is 0 Å². The van der Waals surface area contributed by atoms with E-state index in [1.165, 1.54) is 25.7 Å². The van der Waals surface area contributed by atoms with Crippen molar-refractivity contribution < 1.29 is 0 Å². The normalized spacial score (nSPS) is 16.5. The van der Waals surface area contributed by atoms with Crippen LogP contribution in [0.5, 0.6) is 0 Å². The van der Waals surface area contributed by atoms with Gasteiger partial charge in [-0.3, -0.25) is 0 Å². The minimum atomic E-state index is 0.532. The van der Waals surface area contributed by atoms with Gasteiger partial charge in [0.05, 0.1) is 5.56 Å². The summed E-state index contributed by atoms with van der Waals surface area (Å²) in [5.74, 6) is 0.876. The van der Waals surface area contributed by atoms with E-state index in [4.69, 9.17) is 5.26 Å². The van der Waals surface area contributed by atoms with Gasteiger partial charge in [0.1, 0.15) is 11.9 Å². The summed E-state index contributed by atoms with van der Waals surface area (Å²) in [6, 6.07) is 5.74. The van der Waals surface area contributed by atoms with Crippen LogP contribution in [0.25, 0.3) is 0 Å². The molecule has 0 bridgehead atoms. The second-order valence-corrected chi connectivity index (χ2v) is 4.65. The van der Waals surface area contributed by atoms with Gasteiger partial charge in [-0.25, -0.2) is 4.98 Å². The number of nitrogens with zero attached hydrogens (tertiary/aromatic N) is 2. The molecular weight excluding hydrogens is 198 g/mol. The van der Waals surface area contributed by atoms with E-state index in [1.807, 2.05) is 6.07 Å². The van der Waals surface area contributed by atoms with Crippen molar-refractivity contribution in [2.24, 2.45) is 5.41 Å². The first-order valence-corrected chi connectivity index (χ1v) is 5.88. The fraction of sp³-hybridized carbons (Fsp3) is 0.538. The van der Waals surface area contributed by atoms with Crippen molar-refractivity contribution in [3.05, 3.63) is 23.9 Å². The lowest BCUT2D eigenvalue weighted by Gasteiger charge is -2.15. The Morgan fingerprint density at radius 1 is 1.50 bits per heavy atom. The first-order chi connectivity index (χ1) is 7.78. The van der Waals surface area contributed by atoms with Gasteiger partial charge in [0.25, 0.3) is 0 Å². The molecule has 0 amide bonds. The molecule has 1 heterocycles. The van der Waals surface area contributed by atoms with E-state index in [-0.39, 0.29) is 0 Å². The van der Waals surface area contributed by atoms with Crippen molar-refractivity contribution >= 4 is 5.82 Å². The van der Waals surface area contributed by atoms with Gasteiger partial charge in [0.15, 0.2) is 0 Å². The van der Waals surface area contributed by atoms with Crippen molar-refractivity contribution in [3.8, 4) is 6.07 Å². The first-order valence-electron chi connectivity index (χ1n) is 5.88. The van der Waals surface area contributed by atoms with Crippen LogP contribution in [0.3, 0.4) is 0 Å². The van der Waals surface area contributed by atoms with Gasteiger partial charge >= 0.3 is 0 Å². The van der Waals surface area contributed by atoms with Crippen molar-refractivity contribution in [2.45, 2.75) is 32.6 Å². The number of hydrogen-bond acceptors (Lipinski definition) is 3. The molecule has 2 rings (SSSR count). The first kappa shape index (κ1) is 10.9. The lowest BCUT2D eigenvalue weighted by atomic mass is 10.0. The number of rotatable bonds is 5. The maximum absolute atomic E-state index is 8.66. The monoisotopic (exact) mass is 215 g/mol. The molecule has 1 N–H and O–H groups in total. The summed E-state index contributed by atoms with van der Waals surface area (Å²) in [6.07, 6.45) is 6.84. The summed E-state index contributed by atoms with van der Waals surface area (Å²) in [5.41, 5.74) is 1.14. The minimum Gasteiger partial charge on any atom is -0.370 e. The Morgan fingerprint density at radius 3 is 2.81 bits per heavy atom. The highest BCUT2D eigenvalue weighted by Crippen LogP contribution is 2.49. The summed E-state index contributed by atoms with van der Waals surface area (Å²) in [7, 11) is 0. The van der Waals surface area contributed by atoms with E-state index in [1.54, 1.807) is 12.3 Å². The molecule has 3 nitrogen and oxygen atoms in total. The molecule has 0 aliphatic heterocycles. The Kier molecular flexibility index (Phi) is 3.09. The molecule has 1 saturated carbocycles. The highest BCUT2D eigenvalue weighted by Gasteiger charge is 2.41. The Hall–Kier alpha value is -1.56. The summed E-state index contributed by atoms with van der Waals surface area (Å²) in [5, 5.41) is 12.0. The standard InChI is InChI=1S/C13H17N3/c1-2-5-13(6-7-13)10-16-12-4-3-11(8-14)9-15-12/h3-4,9H,2,5-7,10H2,1H3,(H,15,16). The third-order valence-corrected chi connectivity index (χ3v) is 3.27. The molecule has 3 heteroatoms. The Bertz CT molecular complexity index is 385.